The Hall–Kier alpha value is -3.46. The van der Waals surface area contributed by atoms with Crippen LogP contribution in [-0.2, 0) is 19.2 Å². The van der Waals surface area contributed by atoms with Crippen molar-refractivity contribution in [3.05, 3.63) is 23.3 Å². The summed E-state index contributed by atoms with van der Waals surface area (Å²) in [6.07, 6.45) is 6.64. The number of amides is 2. The van der Waals surface area contributed by atoms with Gasteiger partial charge in [0.1, 0.15) is 29.5 Å². The number of nitrogens with two attached hydrogens (primary N) is 1. The van der Waals surface area contributed by atoms with E-state index in [0.717, 1.165) is 4.90 Å². The number of anilines is 1. The number of carboxylic acid groups (broad SMARTS) is 1. The Balaban J connectivity index is 1.80. The number of carbonyl (C=O) groups is 3. The third kappa shape index (κ3) is 3.27. The third-order valence-corrected chi connectivity index (χ3v) is 5.23. The molecule has 5 N–H and O–H groups in total. The number of rotatable bonds is 6. The molecule has 1 aromatic heterocycles. The molecule has 2 aliphatic rings. The molecular formula is C16H16N6O5S. The number of terminal acetylenes is 1. The standard InChI is InChI=1S/C16H16N6O5S/c1-3-7-6-28-15-10(14(24)22(15)11(7)16(25)26)20-13(23)9(21-27-4-2)12-18-5-8(17)19-12/h1,5,10,15H,4,6,17H2,2H3,(H,18,19)(H,20,23)(H,25,26)/t10?,15-/m1/s1. The summed E-state index contributed by atoms with van der Waals surface area (Å²) in [5, 5.41) is 15.1. The number of aromatic nitrogens is 2. The van der Waals surface area contributed by atoms with Gasteiger partial charge < -0.3 is 26.0 Å². The zero-order chi connectivity index (χ0) is 20.4. The number of carboxylic acids is 1. The summed E-state index contributed by atoms with van der Waals surface area (Å²) in [6, 6.07) is -0.940. The highest BCUT2D eigenvalue weighted by Crippen LogP contribution is 2.40. The maximum Gasteiger partial charge on any atom is 0.353 e. The number of H-pyrrole nitrogens is 1. The maximum atomic E-state index is 12.7. The summed E-state index contributed by atoms with van der Waals surface area (Å²) in [5.41, 5.74) is 5.37. The number of hydrogen-bond acceptors (Lipinski definition) is 8. The average molecular weight is 404 g/mol. The van der Waals surface area contributed by atoms with E-state index in [0.29, 0.717) is 0 Å². The zero-order valence-electron chi connectivity index (χ0n) is 14.6. The molecule has 0 radical (unpaired) electrons. The summed E-state index contributed by atoms with van der Waals surface area (Å²) in [4.78, 5) is 49.3. The molecule has 3 rings (SSSR count). The molecule has 0 bridgehead atoms. The molecule has 2 aliphatic heterocycles. The van der Waals surface area contributed by atoms with Crippen LogP contribution in [0, 0.1) is 12.3 Å². The lowest BCUT2D eigenvalue weighted by molar-refractivity contribution is -0.150. The van der Waals surface area contributed by atoms with Crippen LogP contribution in [0.15, 0.2) is 22.6 Å². The number of imidazole rings is 1. The van der Waals surface area contributed by atoms with Crippen LogP contribution < -0.4 is 11.1 Å². The number of aliphatic carboxylic acids is 1. The fraction of sp³-hybridized carbons (Fsp3) is 0.312. The van der Waals surface area contributed by atoms with Gasteiger partial charge in [-0.2, -0.15) is 0 Å². The second kappa shape index (κ2) is 7.65. The van der Waals surface area contributed by atoms with Crippen LogP contribution in [0.3, 0.4) is 0 Å². The molecule has 0 saturated carbocycles. The van der Waals surface area contributed by atoms with Gasteiger partial charge in [0.2, 0.25) is 5.71 Å². The van der Waals surface area contributed by atoms with Crippen molar-refractivity contribution < 1.29 is 24.3 Å². The number of nitrogens with one attached hydrogen (secondary N) is 2. The highest BCUT2D eigenvalue weighted by Gasteiger charge is 2.54. The monoisotopic (exact) mass is 404 g/mol. The van der Waals surface area contributed by atoms with E-state index in [1.807, 2.05) is 0 Å². The lowest BCUT2D eigenvalue weighted by atomic mass is 10.0. The van der Waals surface area contributed by atoms with Gasteiger partial charge in [0, 0.05) is 11.3 Å². The van der Waals surface area contributed by atoms with Crippen molar-refractivity contribution >= 4 is 41.1 Å². The Bertz CT molecular complexity index is 946. The van der Waals surface area contributed by atoms with Gasteiger partial charge in [0.05, 0.1) is 6.20 Å². The molecule has 11 nitrogen and oxygen atoms in total. The fourth-order valence-corrected chi connectivity index (χ4v) is 4.01. The number of hydrogen-bond donors (Lipinski definition) is 4. The molecule has 2 amide bonds. The topological polar surface area (TPSA) is 163 Å². The summed E-state index contributed by atoms with van der Waals surface area (Å²) < 4.78 is 0. The molecule has 3 heterocycles. The minimum absolute atomic E-state index is 0.0733. The van der Waals surface area contributed by atoms with Gasteiger partial charge in [0.25, 0.3) is 11.8 Å². The van der Waals surface area contributed by atoms with Crippen molar-refractivity contribution in [2.45, 2.75) is 18.3 Å². The van der Waals surface area contributed by atoms with E-state index < -0.39 is 29.2 Å². The van der Waals surface area contributed by atoms with Crippen molar-refractivity contribution in [2.24, 2.45) is 5.16 Å². The normalized spacial score (nSPS) is 21.5. The number of carbonyl (C=O) groups excluding carboxylic acids is 2. The molecular weight excluding hydrogens is 388 g/mol. The number of oxime groups is 1. The van der Waals surface area contributed by atoms with E-state index in [9.17, 15) is 19.5 Å². The highest BCUT2D eigenvalue weighted by atomic mass is 32.2. The predicted octanol–water partition coefficient (Wildman–Crippen LogP) is -0.896. The Morgan fingerprint density at radius 2 is 2.39 bits per heavy atom. The number of aromatic amines is 1. The van der Waals surface area contributed by atoms with E-state index in [1.54, 1.807) is 6.92 Å². The second-order valence-corrected chi connectivity index (χ2v) is 6.79. The van der Waals surface area contributed by atoms with Gasteiger partial charge in [-0.15, -0.1) is 18.2 Å². The van der Waals surface area contributed by atoms with Gasteiger partial charge in [-0.1, -0.05) is 11.1 Å². The largest absolute Gasteiger partial charge is 0.477 e. The minimum Gasteiger partial charge on any atom is -0.477 e. The Morgan fingerprint density at radius 3 is 2.96 bits per heavy atom. The zero-order valence-corrected chi connectivity index (χ0v) is 15.4. The first-order valence-corrected chi connectivity index (χ1v) is 9.13. The number of nitrogens with zero attached hydrogens (tertiary/aromatic N) is 3. The molecule has 1 unspecified atom stereocenters. The minimum atomic E-state index is -1.29. The summed E-state index contributed by atoms with van der Waals surface area (Å²) in [7, 11) is 0. The molecule has 1 aromatic rings. The van der Waals surface area contributed by atoms with Crippen LogP contribution in [-0.4, -0.2) is 67.2 Å². The molecule has 1 fully saturated rings. The van der Waals surface area contributed by atoms with Crippen molar-refractivity contribution in [1.82, 2.24) is 20.2 Å². The lowest BCUT2D eigenvalue weighted by Crippen LogP contribution is -2.71. The van der Waals surface area contributed by atoms with E-state index in [2.05, 4.69) is 26.4 Å². The molecule has 12 heteroatoms. The smallest absolute Gasteiger partial charge is 0.353 e. The quantitative estimate of drug-likeness (QED) is 0.205. The van der Waals surface area contributed by atoms with E-state index in [-0.39, 0.29) is 41.0 Å². The van der Waals surface area contributed by atoms with Crippen molar-refractivity contribution in [1.29, 1.82) is 0 Å². The SMILES string of the molecule is C#CC1=C(C(=O)O)N2C(=O)C(NC(=O)C(=NOCC)c3ncc(N)[nH]3)[C@H]2SC1. The van der Waals surface area contributed by atoms with Gasteiger partial charge in [-0.25, -0.2) is 9.78 Å². The van der Waals surface area contributed by atoms with E-state index >= 15 is 0 Å². The van der Waals surface area contributed by atoms with Crippen molar-refractivity contribution in [3.8, 4) is 12.3 Å². The molecule has 2 atom stereocenters. The molecule has 28 heavy (non-hydrogen) atoms. The van der Waals surface area contributed by atoms with Crippen LogP contribution in [0.25, 0.3) is 0 Å². The van der Waals surface area contributed by atoms with Crippen molar-refractivity contribution in [3.63, 3.8) is 0 Å². The third-order valence-electron chi connectivity index (χ3n) is 3.95. The second-order valence-electron chi connectivity index (χ2n) is 5.68. The van der Waals surface area contributed by atoms with Crippen LogP contribution in [0.1, 0.15) is 12.7 Å². The summed E-state index contributed by atoms with van der Waals surface area (Å²) in [6.45, 7) is 1.90. The van der Waals surface area contributed by atoms with Crippen LogP contribution >= 0.6 is 11.8 Å². The molecule has 0 aromatic carbocycles. The molecule has 0 spiro atoms. The Labute approximate surface area is 163 Å². The highest BCUT2D eigenvalue weighted by molar-refractivity contribution is 8.00. The van der Waals surface area contributed by atoms with E-state index in [1.165, 1.54) is 18.0 Å². The van der Waals surface area contributed by atoms with Crippen LogP contribution in [0.4, 0.5) is 5.82 Å². The summed E-state index contributed by atoms with van der Waals surface area (Å²) in [5.74, 6) is 0.250. The molecule has 146 valence electrons. The van der Waals surface area contributed by atoms with Gasteiger partial charge >= 0.3 is 5.97 Å². The van der Waals surface area contributed by atoms with Gasteiger partial charge in [-0.3, -0.25) is 14.5 Å². The Morgan fingerprint density at radius 1 is 1.64 bits per heavy atom. The number of β-lactam (4-membered cyclic amide) rings is 1. The van der Waals surface area contributed by atoms with E-state index in [4.69, 9.17) is 17.0 Å². The maximum absolute atomic E-state index is 12.7. The van der Waals surface area contributed by atoms with Gasteiger partial charge in [-0.05, 0) is 6.92 Å². The first-order chi connectivity index (χ1) is 13.4. The van der Waals surface area contributed by atoms with Crippen LogP contribution in [0.5, 0.6) is 0 Å². The molecule has 1 saturated heterocycles. The lowest BCUT2D eigenvalue weighted by Gasteiger charge is -2.48. The van der Waals surface area contributed by atoms with Crippen LogP contribution in [0.2, 0.25) is 0 Å². The first kappa shape index (κ1) is 19.3. The number of fused-ring (bicyclic) bond motifs is 1. The first-order valence-electron chi connectivity index (χ1n) is 8.08. The van der Waals surface area contributed by atoms with Gasteiger partial charge in [0.15, 0.2) is 5.82 Å². The Kier molecular flexibility index (Phi) is 5.27. The molecule has 0 aliphatic carbocycles. The summed E-state index contributed by atoms with van der Waals surface area (Å²) >= 11 is 1.26. The fourth-order valence-electron chi connectivity index (χ4n) is 2.72. The van der Waals surface area contributed by atoms with Crippen molar-refractivity contribution in [2.75, 3.05) is 18.1 Å². The number of nitrogen functional groups attached to an aromatic ring is 1. The predicted molar refractivity (Wildman–Crippen MR) is 99.7 cm³/mol. The average Bonchev–Trinajstić information content (AvgIpc) is 3.10. The number of thioether (sulfide) groups is 1.